The van der Waals surface area contributed by atoms with Crippen LogP contribution in [0.15, 0.2) is 66.2 Å². The van der Waals surface area contributed by atoms with Gasteiger partial charge in [-0.25, -0.2) is 4.39 Å². The van der Waals surface area contributed by atoms with Crippen molar-refractivity contribution in [3.8, 4) is 5.75 Å². The van der Waals surface area contributed by atoms with Gasteiger partial charge in [-0.05, 0) is 54.1 Å². The summed E-state index contributed by atoms with van der Waals surface area (Å²) in [7, 11) is 1.45. The van der Waals surface area contributed by atoms with E-state index in [-0.39, 0.29) is 26.2 Å². The molecule has 5 nitrogen and oxygen atoms in total. The van der Waals surface area contributed by atoms with Crippen LogP contribution in [0.3, 0.4) is 0 Å². The van der Waals surface area contributed by atoms with Crippen molar-refractivity contribution in [3.63, 3.8) is 0 Å². The quantitative estimate of drug-likeness (QED) is 0.252. The fourth-order valence-electron chi connectivity index (χ4n) is 3.66. The second-order valence-electron chi connectivity index (χ2n) is 7.17. The minimum atomic E-state index is -1.05. The fraction of sp³-hybridized carbons (Fsp3) is 0.0833. The predicted octanol–water partition coefficient (Wildman–Crippen LogP) is 6.42. The summed E-state index contributed by atoms with van der Waals surface area (Å²) >= 11 is 18.3. The van der Waals surface area contributed by atoms with Gasteiger partial charge in [0.2, 0.25) is 0 Å². The van der Waals surface area contributed by atoms with Crippen LogP contribution in [0.5, 0.6) is 5.75 Å². The maximum atomic E-state index is 13.6. The van der Waals surface area contributed by atoms with Gasteiger partial charge in [0.15, 0.2) is 0 Å². The van der Waals surface area contributed by atoms with E-state index in [2.05, 4.69) is 0 Å². The normalized spacial score (nSPS) is 17.5. The first-order chi connectivity index (χ1) is 15.7. The van der Waals surface area contributed by atoms with Crippen molar-refractivity contribution in [1.82, 2.24) is 0 Å². The summed E-state index contributed by atoms with van der Waals surface area (Å²) in [4.78, 5) is 27.4. The van der Waals surface area contributed by atoms with Crippen LogP contribution < -0.4 is 9.64 Å². The van der Waals surface area contributed by atoms with Crippen molar-refractivity contribution in [1.29, 1.82) is 0 Å². The molecule has 0 bridgehead atoms. The average Bonchev–Trinajstić information content (AvgIpc) is 3.06. The van der Waals surface area contributed by atoms with Crippen molar-refractivity contribution in [2.24, 2.45) is 0 Å². The van der Waals surface area contributed by atoms with Crippen LogP contribution in [0.4, 0.5) is 10.1 Å². The molecule has 1 aliphatic heterocycles. The highest BCUT2D eigenvalue weighted by molar-refractivity contribution is 6.52. The highest BCUT2D eigenvalue weighted by Crippen LogP contribution is 2.44. The Morgan fingerprint density at radius 2 is 1.64 bits per heavy atom. The molecule has 1 aliphatic rings. The maximum absolute atomic E-state index is 13.6. The Labute approximate surface area is 203 Å². The summed E-state index contributed by atoms with van der Waals surface area (Å²) in [5.74, 6) is -2.35. The Morgan fingerprint density at radius 1 is 0.939 bits per heavy atom. The molecule has 3 aromatic carbocycles. The summed E-state index contributed by atoms with van der Waals surface area (Å²) in [5, 5.41) is 11.7. The highest BCUT2D eigenvalue weighted by atomic mass is 35.5. The second-order valence-corrected chi connectivity index (χ2v) is 8.39. The first-order valence-corrected chi connectivity index (χ1v) is 10.7. The summed E-state index contributed by atoms with van der Waals surface area (Å²) < 4.78 is 18.8. The lowest BCUT2D eigenvalue weighted by molar-refractivity contribution is -0.132. The molecule has 33 heavy (non-hydrogen) atoms. The Bertz CT molecular complexity index is 1310. The third-order valence-electron chi connectivity index (χ3n) is 5.24. The zero-order chi connectivity index (χ0) is 23.9. The first-order valence-electron chi connectivity index (χ1n) is 9.58. The van der Waals surface area contributed by atoms with E-state index < -0.39 is 29.3 Å². The van der Waals surface area contributed by atoms with Crippen LogP contribution >= 0.6 is 34.8 Å². The molecular weight excluding hydrogens is 492 g/mol. The average molecular weight is 507 g/mol. The van der Waals surface area contributed by atoms with Gasteiger partial charge in [-0.3, -0.25) is 14.5 Å². The lowest BCUT2D eigenvalue weighted by atomic mass is 9.95. The molecule has 0 spiro atoms. The number of benzene rings is 3. The second kappa shape index (κ2) is 9.06. The SMILES string of the molecule is COc1ccc(N2C(=O)C(=O)/C(=C(/O)c3ccc(Cl)c(Cl)c3)C2c2ccc(F)cc2)cc1Cl. The van der Waals surface area contributed by atoms with Gasteiger partial charge in [0.1, 0.15) is 17.3 Å². The van der Waals surface area contributed by atoms with Gasteiger partial charge in [-0.2, -0.15) is 0 Å². The number of Topliss-reactive ketones (excluding diaryl/α,β-unsaturated/α-hetero) is 1. The molecule has 0 aliphatic carbocycles. The number of aliphatic hydroxyl groups is 1. The van der Waals surface area contributed by atoms with E-state index in [0.29, 0.717) is 17.0 Å². The number of nitrogens with zero attached hydrogens (tertiary/aromatic N) is 1. The number of hydrogen-bond donors (Lipinski definition) is 1. The van der Waals surface area contributed by atoms with Crippen LogP contribution in [0.1, 0.15) is 17.2 Å². The largest absolute Gasteiger partial charge is 0.507 e. The van der Waals surface area contributed by atoms with Gasteiger partial charge in [-0.15, -0.1) is 0 Å². The summed E-state index contributed by atoms with van der Waals surface area (Å²) in [5.41, 5.74) is 0.716. The number of carbonyl (C=O) groups is 2. The van der Waals surface area contributed by atoms with Crippen molar-refractivity contribution in [2.45, 2.75) is 6.04 Å². The van der Waals surface area contributed by atoms with Gasteiger partial charge >= 0.3 is 0 Å². The zero-order valence-electron chi connectivity index (χ0n) is 17.0. The number of hydrogen-bond acceptors (Lipinski definition) is 4. The van der Waals surface area contributed by atoms with Gasteiger partial charge in [0, 0.05) is 11.3 Å². The van der Waals surface area contributed by atoms with E-state index in [4.69, 9.17) is 39.5 Å². The van der Waals surface area contributed by atoms with Crippen molar-refractivity contribution >= 4 is 57.9 Å². The lowest BCUT2D eigenvalue weighted by Gasteiger charge is -2.26. The Hall–Kier alpha value is -3.06. The van der Waals surface area contributed by atoms with Gasteiger partial charge < -0.3 is 9.84 Å². The molecule has 1 unspecified atom stereocenters. The molecule has 0 saturated carbocycles. The minimum Gasteiger partial charge on any atom is -0.507 e. The van der Waals surface area contributed by atoms with Crippen LogP contribution in [0.2, 0.25) is 15.1 Å². The van der Waals surface area contributed by atoms with Gasteiger partial charge in [0.25, 0.3) is 11.7 Å². The van der Waals surface area contributed by atoms with Crippen molar-refractivity contribution in [2.75, 3.05) is 12.0 Å². The van der Waals surface area contributed by atoms with E-state index in [0.717, 1.165) is 0 Å². The van der Waals surface area contributed by atoms with Crippen molar-refractivity contribution < 1.29 is 23.8 Å². The van der Waals surface area contributed by atoms with Crippen LogP contribution in [-0.4, -0.2) is 23.9 Å². The first kappa shape index (κ1) is 23.1. The number of aliphatic hydroxyl groups excluding tert-OH is 1. The number of rotatable bonds is 4. The number of amides is 1. The van der Waals surface area contributed by atoms with Gasteiger partial charge in [0.05, 0.1) is 33.8 Å². The molecule has 1 heterocycles. The van der Waals surface area contributed by atoms with E-state index in [1.807, 2.05) is 0 Å². The lowest BCUT2D eigenvalue weighted by Crippen LogP contribution is -2.29. The van der Waals surface area contributed by atoms with Gasteiger partial charge in [-0.1, -0.05) is 46.9 Å². The predicted molar refractivity (Wildman–Crippen MR) is 126 cm³/mol. The van der Waals surface area contributed by atoms with Crippen molar-refractivity contribution in [3.05, 3.63) is 98.2 Å². The standard InChI is InChI=1S/C24H15Cl3FNO4/c1-33-19-9-7-15(11-18(19)27)29-21(12-2-5-14(28)6-3-12)20(23(31)24(29)32)22(30)13-4-8-16(25)17(26)10-13/h2-11,21,30H,1H3/b22-20+. The smallest absolute Gasteiger partial charge is 0.300 e. The summed E-state index contributed by atoms with van der Waals surface area (Å²) in [6.45, 7) is 0. The summed E-state index contributed by atoms with van der Waals surface area (Å²) in [6, 6.07) is 13.1. The van der Waals surface area contributed by atoms with E-state index in [1.54, 1.807) is 12.1 Å². The molecule has 9 heteroatoms. The Kier molecular flexibility index (Phi) is 6.34. The third kappa shape index (κ3) is 4.17. The van der Waals surface area contributed by atoms with Crippen LogP contribution in [0, 0.1) is 5.82 Å². The van der Waals surface area contributed by atoms with Crippen LogP contribution in [-0.2, 0) is 9.59 Å². The van der Waals surface area contributed by atoms with E-state index in [9.17, 15) is 19.1 Å². The van der Waals surface area contributed by atoms with E-state index in [1.165, 1.54) is 60.5 Å². The molecule has 3 aromatic rings. The fourth-order valence-corrected chi connectivity index (χ4v) is 4.21. The molecule has 0 radical (unpaired) electrons. The Morgan fingerprint density at radius 3 is 2.24 bits per heavy atom. The molecule has 168 valence electrons. The number of methoxy groups -OCH3 is 1. The van der Waals surface area contributed by atoms with Crippen LogP contribution in [0.25, 0.3) is 5.76 Å². The minimum absolute atomic E-state index is 0.162. The number of ether oxygens (including phenoxy) is 1. The number of carbonyl (C=O) groups excluding carboxylic acids is 2. The number of ketones is 1. The molecule has 1 atom stereocenters. The maximum Gasteiger partial charge on any atom is 0.300 e. The monoisotopic (exact) mass is 505 g/mol. The molecule has 1 fully saturated rings. The number of anilines is 1. The number of halogens is 4. The third-order valence-corrected chi connectivity index (χ3v) is 6.27. The summed E-state index contributed by atoms with van der Waals surface area (Å²) in [6.07, 6.45) is 0. The highest BCUT2D eigenvalue weighted by Gasteiger charge is 2.47. The molecule has 0 aromatic heterocycles. The molecule has 1 N–H and O–H groups in total. The Balaban J connectivity index is 1.94. The molecule has 1 saturated heterocycles. The topological polar surface area (TPSA) is 66.8 Å². The zero-order valence-corrected chi connectivity index (χ0v) is 19.2. The molecular formula is C24H15Cl3FNO4. The van der Waals surface area contributed by atoms with E-state index >= 15 is 0 Å². The molecule has 1 amide bonds. The molecule has 4 rings (SSSR count).